The lowest BCUT2D eigenvalue weighted by Gasteiger charge is -2.07. The van der Waals surface area contributed by atoms with Crippen LogP contribution in [0.4, 0.5) is 0 Å². The lowest BCUT2D eigenvalue weighted by Crippen LogP contribution is -2.03. The maximum atomic E-state index is 5.82. The van der Waals surface area contributed by atoms with E-state index in [0.29, 0.717) is 0 Å². The van der Waals surface area contributed by atoms with E-state index in [0.717, 1.165) is 30.9 Å². The van der Waals surface area contributed by atoms with Crippen LogP contribution in [0.2, 0.25) is 0 Å². The van der Waals surface area contributed by atoms with Crippen molar-refractivity contribution in [2.45, 2.75) is 33.2 Å². The minimum Gasteiger partial charge on any atom is -0.460 e. The quantitative estimate of drug-likeness (QED) is 0.864. The van der Waals surface area contributed by atoms with Gasteiger partial charge in [0.15, 0.2) is 0 Å². The number of hydrogen-bond acceptors (Lipinski definition) is 2. The average Bonchev–Trinajstić information content (AvgIpc) is 2.87. The van der Waals surface area contributed by atoms with E-state index in [4.69, 9.17) is 4.42 Å². The molecule has 2 heteroatoms. The molecule has 0 aliphatic carbocycles. The number of rotatable bonds is 5. The Morgan fingerprint density at radius 2 is 1.78 bits per heavy atom. The summed E-state index contributed by atoms with van der Waals surface area (Å²) in [5, 5.41) is 3.10. The van der Waals surface area contributed by atoms with E-state index in [9.17, 15) is 0 Å². The standard InChI is InChI=1S/C16H21NO/c1-4-12-6-7-14(10-13(12)5-2)16-9-8-15(18-16)11-17-3/h6-10,17H,4-5,11H2,1-3H3. The third-order valence-corrected chi connectivity index (χ3v) is 3.27. The largest absolute Gasteiger partial charge is 0.460 e. The molecule has 1 heterocycles. The molecule has 2 nitrogen and oxygen atoms in total. The zero-order chi connectivity index (χ0) is 13.0. The highest BCUT2D eigenvalue weighted by atomic mass is 16.3. The van der Waals surface area contributed by atoms with Crippen molar-refractivity contribution in [1.29, 1.82) is 0 Å². The predicted octanol–water partition coefficient (Wildman–Crippen LogP) is 3.79. The molecule has 2 rings (SSSR count). The number of benzene rings is 1. The SMILES string of the molecule is CCc1ccc(-c2ccc(CNC)o2)cc1CC. The summed E-state index contributed by atoms with van der Waals surface area (Å²) in [6, 6.07) is 10.7. The molecule has 0 amide bonds. The van der Waals surface area contributed by atoms with E-state index < -0.39 is 0 Å². The molecule has 0 unspecified atom stereocenters. The lowest BCUT2D eigenvalue weighted by atomic mass is 9.99. The van der Waals surface area contributed by atoms with Crippen molar-refractivity contribution in [3.63, 3.8) is 0 Å². The zero-order valence-electron chi connectivity index (χ0n) is 11.4. The first-order valence-electron chi connectivity index (χ1n) is 6.64. The van der Waals surface area contributed by atoms with Crippen LogP contribution in [0.25, 0.3) is 11.3 Å². The van der Waals surface area contributed by atoms with Crippen molar-refractivity contribution in [1.82, 2.24) is 5.32 Å². The molecule has 1 aromatic carbocycles. The molecule has 0 radical (unpaired) electrons. The fraction of sp³-hybridized carbons (Fsp3) is 0.375. The normalized spacial score (nSPS) is 10.8. The Bertz CT molecular complexity index is 514. The molecule has 0 bridgehead atoms. The van der Waals surface area contributed by atoms with E-state index in [2.05, 4.69) is 37.4 Å². The van der Waals surface area contributed by atoms with Crippen molar-refractivity contribution in [2.24, 2.45) is 0 Å². The molecule has 0 saturated carbocycles. The molecule has 1 aromatic heterocycles. The fourth-order valence-corrected chi connectivity index (χ4v) is 2.26. The molecule has 0 atom stereocenters. The second-order valence-electron chi connectivity index (χ2n) is 4.49. The van der Waals surface area contributed by atoms with E-state index in [-0.39, 0.29) is 0 Å². The van der Waals surface area contributed by atoms with Crippen LogP contribution in [-0.2, 0) is 19.4 Å². The molecule has 1 N–H and O–H groups in total. The van der Waals surface area contributed by atoms with E-state index in [1.807, 2.05) is 19.2 Å². The molecule has 96 valence electrons. The highest BCUT2D eigenvalue weighted by Crippen LogP contribution is 2.25. The summed E-state index contributed by atoms with van der Waals surface area (Å²) >= 11 is 0. The van der Waals surface area contributed by atoms with Gasteiger partial charge < -0.3 is 9.73 Å². The first-order chi connectivity index (χ1) is 8.78. The average molecular weight is 243 g/mol. The van der Waals surface area contributed by atoms with Gasteiger partial charge in [-0.15, -0.1) is 0 Å². The molecular weight excluding hydrogens is 222 g/mol. The fourth-order valence-electron chi connectivity index (χ4n) is 2.26. The Hall–Kier alpha value is -1.54. The van der Waals surface area contributed by atoms with Gasteiger partial charge in [-0.25, -0.2) is 0 Å². The maximum absolute atomic E-state index is 5.82. The van der Waals surface area contributed by atoms with Gasteiger partial charge in [0.2, 0.25) is 0 Å². The second kappa shape index (κ2) is 5.87. The first kappa shape index (κ1) is 12.9. The highest BCUT2D eigenvalue weighted by Gasteiger charge is 2.07. The van der Waals surface area contributed by atoms with Gasteiger partial charge in [-0.2, -0.15) is 0 Å². The van der Waals surface area contributed by atoms with Gasteiger partial charge in [-0.1, -0.05) is 26.0 Å². The molecule has 0 fully saturated rings. The summed E-state index contributed by atoms with van der Waals surface area (Å²) in [5.41, 5.74) is 4.02. The van der Waals surface area contributed by atoms with Gasteiger partial charge in [0.25, 0.3) is 0 Å². The van der Waals surface area contributed by atoms with Gasteiger partial charge in [0, 0.05) is 5.56 Å². The highest BCUT2D eigenvalue weighted by molar-refractivity contribution is 5.59. The van der Waals surface area contributed by atoms with Crippen molar-refractivity contribution in [3.05, 3.63) is 47.2 Å². The van der Waals surface area contributed by atoms with Crippen molar-refractivity contribution in [3.8, 4) is 11.3 Å². The Morgan fingerprint density at radius 3 is 2.44 bits per heavy atom. The van der Waals surface area contributed by atoms with E-state index in [1.165, 1.54) is 16.7 Å². The Balaban J connectivity index is 2.31. The summed E-state index contributed by atoms with van der Waals surface area (Å²) in [4.78, 5) is 0. The van der Waals surface area contributed by atoms with Gasteiger partial charge >= 0.3 is 0 Å². The van der Waals surface area contributed by atoms with E-state index in [1.54, 1.807) is 0 Å². The molecule has 0 aliphatic heterocycles. The Morgan fingerprint density at radius 1 is 1.00 bits per heavy atom. The third kappa shape index (κ3) is 2.65. The summed E-state index contributed by atoms with van der Waals surface area (Å²) in [5.74, 6) is 1.93. The van der Waals surface area contributed by atoms with Crippen molar-refractivity contribution < 1.29 is 4.42 Å². The number of furan rings is 1. The van der Waals surface area contributed by atoms with Crippen LogP contribution in [0, 0.1) is 0 Å². The topological polar surface area (TPSA) is 25.2 Å². The predicted molar refractivity (Wildman–Crippen MR) is 75.7 cm³/mol. The second-order valence-corrected chi connectivity index (χ2v) is 4.49. The summed E-state index contributed by atoms with van der Waals surface area (Å²) in [6.07, 6.45) is 2.16. The van der Waals surface area contributed by atoms with Crippen LogP contribution in [0.5, 0.6) is 0 Å². The first-order valence-corrected chi connectivity index (χ1v) is 6.64. The number of nitrogens with one attached hydrogen (secondary N) is 1. The van der Waals surface area contributed by atoms with Crippen molar-refractivity contribution >= 4 is 0 Å². The smallest absolute Gasteiger partial charge is 0.134 e. The van der Waals surface area contributed by atoms with E-state index >= 15 is 0 Å². The van der Waals surface area contributed by atoms with Crippen LogP contribution in [0.1, 0.15) is 30.7 Å². The van der Waals surface area contributed by atoms with Gasteiger partial charge in [0.1, 0.15) is 11.5 Å². The van der Waals surface area contributed by atoms with Gasteiger partial charge in [-0.3, -0.25) is 0 Å². The molecular formula is C16H21NO. The molecule has 2 aromatic rings. The Kier molecular flexibility index (Phi) is 4.21. The minimum absolute atomic E-state index is 0.772. The maximum Gasteiger partial charge on any atom is 0.134 e. The van der Waals surface area contributed by atoms with Crippen LogP contribution in [0.3, 0.4) is 0 Å². The van der Waals surface area contributed by atoms with Crippen molar-refractivity contribution in [2.75, 3.05) is 7.05 Å². The number of hydrogen-bond donors (Lipinski definition) is 1. The summed E-state index contributed by atoms with van der Waals surface area (Å²) in [6.45, 7) is 5.17. The lowest BCUT2D eigenvalue weighted by molar-refractivity contribution is 0.507. The van der Waals surface area contributed by atoms with Gasteiger partial charge in [-0.05, 0) is 49.2 Å². The summed E-state index contributed by atoms with van der Waals surface area (Å²) in [7, 11) is 1.92. The molecule has 0 saturated heterocycles. The Labute approximate surface area is 109 Å². The van der Waals surface area contributed by atoms with Crippen LogP contribution >= 0.6 is 0 Å². The monoisotopic (exact) mass is 243 g/mol. The minimum atomic E-state index is 0.772. The van der Waals surface area contributed by atoms with Crippen LogP contribution in [-0.4, -0.2) is 7.05 Å². The molecule has 0 aliphatic rings. The molecule has 0 spiro atoms. The molecule has 18 heavy (non-hydrogen) atoms. The van der Waals surface area contributed by atoms with Crippen LogP contribution < -0.4 is 5.32 Å². The van der Waals surface area contributed by atoms with Crippen LogP contribution in [0.15, 0.2) is 34.7 Å². The zero-order valence-corrected chi connectivity index (χ0v) is 11.4. The number of aryl methyl sites for hydroxylation is 2. The third-order valence-electron chi connectivity index (χ3n) is 3.27. The summed E-state index contributed by atoms with van der Waals surface area (Å²) < 4.78 is 5.82. The van der Waals surface area contributed by atoms with Gasteiger partial charge in [0.05, 0.1) is 6.54 Å².